The molecule has 0 aliphatic carbocycles. The zero-order valence-corrected chi connectivity index (χ0v) is 8.69. The summed E-state index contributed by atoms with van der Waals surface area (Å²) in [5, 5.41) is 14.6. The van der Waals surface area contributed by atoms with Gasteiger partial charge in [-0.2, -0.15) is 18.4 Å². The molecule has 0 fully saturated rings. The summed E-state index contributed by atoms with van der Waals surface area (Å²) in [6.07, 6.45) is -4.43. The van der Waals surface area contributed by atoms with Crippen LogP contribution < -0.4 is 5.32 Å². The van der Waals surface area contributed by atoms with E-state index in [-0.39, 0.29) is 11.5 Å². The Kier molecular flexibility index (Phi) is 2.96. The minimum Gasteiger partial charge on any atom is -0.288 e. The highest BCUT2D eigenvalue weighted by atomic mass is 19.4. The van der Waals surface area contributed by atoms with E-state index in [9.17, 15) is 18.0 Å². The molecule has 1 amide bonds. The second kappa shape index (κ2) is 4.43. The van der Waals surface area contributed by atoms with Crippen molar-refractivity contribution >= 4 is 11.9 Å². The predicted molar refractivity (Wildman–Crippen MR) is 53.6 cm³/mol. The van der Waals surface area contributed by atoms with Crippen LogP contribution in [0.5, 0.6) is 0 Å². The first-order chi connectivity index (χ1) is 8.47. The van der Waals surface area contributed by atoms with Crippen molar-refractivity contribution < 1.29 is 18.0 Å². The third kappa shape index (κ3) is 2.62. The maximum Gasteiger partial charge on any atom is 0.416 e. The van der Waals surface area contributed by atoms with E-state index in [1.54, 1.807) is 0 Å². The monoisotopic (exact) mass is 257 g/mol. The second-order valence-electron chi connectivity index (χ2n) is 3.26. The molecular formula is C9H6F3N5O. The minimum atomic E-state index is -4.43. The summed E-state index contributed by atoms with van der Waals surface area (Å²) in [5.41, 5.74) is -0.758. The van der Waals surface area contributed by atoms with Gasteiger partial charge in [0.2, 0.25) is 0 Å². The van der Waals surface area contributed by atoms with Crippen molar-refractivity contribution in [2.45, 2.75) is 6.18 Å². The standard InChI is InChI=1S/C9H6F3N5O/c10-9(11,12)6-3-1-5(2-4-6)7(18)13-8-14-16-17-15-8/h1-4H,(H2,13,14,15,16,17,18). The molecule has 0 bridgehead atoms. The molecule has 6 nitrogen and oxygen atoms in total. The summed E-state index contributed by atoms with van der Waals surface area (Å²) in [6.45, 7) is 0. The number of hydrogen-bond acceptors (Lipinski definition) is 4. The molecule has 0 unspecified atom stereocenters. The first-order valence-electron chi connectivity index (χ1n) is 4.69. The molecule has 94 valence electrons. The van der Waals surface area contributed by atoms with Gasteiger partial charge in [0.25, 0.3) is 11.9 Å². The average molecular weight is 257 g/mol. The lowest BCUT2D eigenvalue weighted by molar-refractivity contribution is -0.137. The van der Waals surface area contributed by atoms with Crippen LogP contribution in [-0.4, -0.2) is 26.5 Å². The number of nitrogens with one attached hydrogen (secondary N) is 2. The largest absolute Gasteiger partial charge is 0.416 e. The van der Waals surface area contributed by atoms with Crippen LogP contribution in [0.3, 0.4) is 0 Å². The number of rotatable bonds is 2. The van der Waals surface area contributed by atoms with Crippen molar-refractivity contribution in [1.29, 1.82) is 0 Å². The summed E-state index contributed by atoms with van der Waals surface area (Å²) >= 11 is 0. The number of halogens is 3. The molecule has 0 radical (unpaired) electrons. The molecule has 2 rings (SSSR count). The Hall–Kier alpha value is -2.45. The van der Waals surface area contributed by atoms with Crippen LogP contribution in [0.15, 0.2) is 24.3 Å². The summed E-state index contributed by atoms with van der Waals surface area (Å²) in [6, 6.07) is 3.78. The number of anilines is 1. The fraction of sp³-hybridized carbons (Fsp3) is 0.111. The van der Waals surface area contributed by atoms with Crippen molar-refractivity contribution in [3.8, 4) is 0 Å². The van der Waals surface area contributed by atoms with E-state index in [1.165, 1.54) is 0 Å². The highest BCUT2D eigenvalue weighted by molar-refractivity contribution is 6.03. The number of nitrogens with zero attached hydrogens (tertiary/aromatic N) is 3. The van der Waals surface area contributed by atoms with E-state index >= 15 is 0 Å². The zero-order valence-electron chi connectivity index (χ0n) is 8.69. The molecule has 2 aromatic rings. The quantitative estimate of drug-likeness (QED) is 0.853. The molecule has 0 atom stereocenters. The Bertz CT molecular complexity index is 534. The topological polar surface area (TPSA) is 83.6 Å². The van der Waals surface area contributed by atoms with Crippen molar-refractivity contribution in [1.82, 2.24) is 20.6 Å². The van der Waals surface area contributed by atoms with E-state index in [2.05, 4.69) is 25.9 Å². The number of alkyl halides is 3. The first kappa shape index (κ1) is 12.0. The minimum absolute atomic E-state index is 0.0557. The van der Waals surface area contributed by atoms with Gasteiger partial charge in [0, 0.05) is 5.56 Å². The zero-order chi connectivity index (χ0) is 13.2. The second-order valence-corrected chi connectivity index (χ2v) is 3.26. The molecule has 0 saturated heterocycles. The van der Waals surface area contributed by atoms with Gasteiger partial charge in [-0.15, -0.1) is 5.10 Å². The van der Waals surface area contributed by atoms with Gasteiger partial charge in [-0.05, 0) is 29.5 Å². The van der Waals surface area contributed by atoms with Crippen LogP contribution in [0.2, 0.25) is 0 Å². The number of hydrogen-bond donors (Lipinski definition) is 2. The van der Waals surface area contributed by atoms with Crippen LogP contribution in [-0.2, 0) is 6.18 Å². The maximum atomic E-state index is 12.3. The molecule has 0 spiro atoms. The van der Waals surface area contributed by atoms with Gasteiger partial charge in [-0.25, -0.2) is 0 Å². The number of benzene rings is 1. The number of carbonyl (C=O) groups is 1. The molecule has 2 N–H and O–H groups in total. The molecule has 1 heterocycles. The fourth-order valence-electron chi connectivity index (χ4n) is 1.20. The van der Waals surface area contributed by atoms with Gasteiger partial charge in [-0.3, -0.25) is 10.1 Å². The van der Waals surface area contributed by atoms with Crippen molar-refractivity contribution in [2.75, 3.05) is 5.32 Å². The summed E-state index contributed by atoms with van der Waals surface area (Å²) in [7, 11) is 0. The van der Waals surface area contributed by atoms with Gasteiger partial charge >= 0.3 is 6.18 Å². The molecule has 1 aromatic carbocycles. The Morgan fingerprint density at radius 3 is 2.39 bits per heavy atom. The Labute approximate surface area is 98.2 Å². The summed E-state index contributed by atoms with van der Waals surface area (Å²) < 4.78 is 36.9. The van der Waals surface area contributed by atoms with E-state index < -0.39 is 17.6 Å². The highest BCUT2D eigenvalue weighted by Crippen LogP contribution is 2.29. The van der Waals surface area contributed by atoms with Gasteiger partial charge in [0.1, 0.15) is 0 Å². The first-order valence-corrected chi connectivity index (χ1v) is 4.69. The number of aromatic amines is 1. The van der Waals surface area contributed by atoms with E-state index in [0.717, 1.165) is 24.3 Å². The van der Waals surface area contributed by atoms with Gasteiger partial charge in [-0.1, -0.05) is 5.10 Å². The van der Waals surface area contributed by atoms with Gasteiger partial charge in [0.05, 0.1) is 5.56 Å². The molecular weight excluding hydrogens is 251 g/mol. The lowest BCUT2D eigenvalue weighted by Crippen LogP contribution is -2.13. The van der Waals surface area contributed by atoms with E-state index in [0.29, 0.717) is 0 Å². The molecule has 18 heavy (non-hydrogen) atoms. The summed E-state index contributed by atoms with van der Waals surface area (Å²) in [4.78, 5) is 11.6. The third-order valence-corrected chi connectivity index (χ3v) is 2.05. The smallest absolute Gasteiger partial charge is 0.288 e. The molecule has 1 aromatic heterocycles. The Morgan fingerprint density at radius 2 is 1.89 bits per heavy atom. The van der Waals surface area contributed by atoms with Crippen LogP contribution in [0.1, 0.15) is 15.9 Å². The van der Waals surface area contributed by atoms with Crippen molar-refractivity contribution in [3.63, 3.8) is 0 Å². The van der Waals surface area contributed by atoms with Crippen LogP contribution in [0.25, 0.3) is 0 Å². The highest BCUT2D eigenvalue weighted by Gasteiger charge is 2.30. The molecule has 9 heteroatoms. The number of tetrazole rings is 1. The molecule has 0 aliphatic rings. The normalized spacial score (nSPS) is 11.3. The average Bonchev–Trinajstić information content (AvgIpc) is 2.81. The third-order valence-electron chi connectivity index (χ3n) is 2.05. The van der Waals surface area contributed by atoms with E-state index in [1.807, 2.05) is 0 Å². The number of H-pyrrole nitrogens is 1. The predicted octanol–water partition coefficient (Wildman–Crippen LogP) is 1.47. The summed E-state index contributed by atoms with van der Waals surface area (Å²) in [5.74, 6) is -0.676. The molecule has 0 saturated carbocycles. The SMILES string of the molecule is O=C(Nc1nn[nH]n1)c1ccc(C(F)(F)F)cc1. The molecule has 0 aliphatic heterocycles. The van der Waals surface area contributed by atoms with E-state index in [4.69, 9.17) is 0 Å². The van der Waals surface area contributed by atoms with Crippen LogP contribution in [0, 0.1) is 0 Å². The number of carbonyl (C=O) groups excluding carboxylic acids is 1. The Morgan fingerprint density at radius 1 is 1.22 bits per heavy atom. The van der Waals surface area contributed by atoms with Gasteiger partial charge in [0.15, 0.2) is 0 Å². The lowest BCUT2D eigenvalue weighted by Gasteiger charge is -2.06. The fourth-order valence-corrected chi connectivity index (χ4v) is 1.20. The Balaban J connectivity index is 2.12. The lowest BCUT2D eigenvalue weighted by atomic mass is 10.1. The van der Waals surface area contributed by atoms with Crippen LogP contribution in [0.4, 0.5) is 19.1 Å². The van der Waals surface area contributed by atoms with Crippen molar-refractivity contribution in [2.24, 2.45) is 0 Å². The van der Waals surface area contributed by atoms with Crippen LogP contribution >= 0.6 is 0 Å². The van der Waals surface area contributed by atoms with Gasteiger partial charge < -0.3 is 0 Å². The maximum absolute atomic E-state index is 12.3. The number of aromatic nitrogens is 4. The number of amides is 1. The van der Waals surface area contributed by atoms with Crippen molar-refractivity contribution in [3.05, 3.63) is 35.4 Å².